The van der Waals surface area contributed by atoms with Crippen LogP contribution in [0.25, 0.3) is 0 Å². The van der Waals surface area contributed by atoms with Gasteiger partial charge in [0.25, 0.3) is 0 Å². The van der Waals surface area contributed by atoms with E-state index in [9.17, 15) is 4.79 Å². The zero-order valence-corrected chi connectivity index (χ0v) is 8.60. The first kappa shape index (κ1) is 9.38. The molecule has 2 rings (SSSR count). The van der Waals surface area contributed by atoms with Crippen LogP contribution in [0.1, 0.15) is 31.7 Å². The fraction of sp³-hybridized carbons (Fsp3) is 0.500. The molecule has 3 unspecified atom stereocenters. The Morgan fingerprint density at radius 1 is 1.50 bits per heavy atom. The number of hydrogen-bond acceptors (Lipinski definition) is 2. The highest BCUT2D eigenvalue weighted by atomic mass is 16.1. The summed E-state index contributed by atoms with van der Waals surface area (Å²) in [6.07, 6.45) is 4.57. The second-order valence-electron chi connectivity index (χ2n) is 4.22. The first-order valence-electron chi connectivity index (χ1n) is 5.14. The first-order valence-corrected chi connectivity index (χ1v) is 5.14. The minimum Gasteiger partial charge on any atom is -0.299 e. The summed E-state index contributed by atoms with van der Waals surface area (Å²) in [5, 5.41) is 0. The van der Waals surface area contributed by atoms with Crippen LogP contribution in [0.5, 0.6) is 0 Å². The van der Waals surface area contributed by atoms with Gasteiger partial charge in [-0.3, -0.25) is 9.78 Å². The van der Waals surface area contributed by atoms with Crippen molar-refractivity contribution in [2.45, 2.75) is 26.2 Å². The zero-order chi connectivity index (χ0) is 10.1. The summed E-state index contributed by atoms with van der Waals surface area (Å²) in [6, 6.07) is 3.85. The molecule has 1 aromatic rings. The summed E-state index contributed by atoms with van der Waals surface area (Å²) in [5.74, 6) is 1.35. The van der Waals surface area contributed by atoms with Gasteiger partial charge in [0.1, 0.15) is 5.78 Å². The standard InChI is InChI=1S/C12H15NO/c1-8-7-11(8)12(14)9(2)10-3-5-13-6-4-10/h3-6,8-9,11H,7H2,1-2H3. The number of ketones is 1. The van der Waals surface area contributed by atoms with Crippen LogP contribution in [0.15, 0.2) is 24.5 Å². The summed E-state index contributed by atoms with van der Waals surface area (Å²) in [7, 11) is 0. The van der Waals surface area contributed by atoms with E-state index < -0.39 is 0 Å². The van der Waals surface area contributed by atoms with Gasteiger partial charge < -0.3 is 0 Å². The van der Waals surface area contributed by atoms with E-state index in [1.54, 1.807) is 12.4 Å². The molecule has 1 aliphatic carbocycles. The third-order valence-electron chi connectivity index (χ3n) is 3.11. The molecule has 0 aromatic carbocycles. The molecule has 1 aromatic heterocycles. The number of pyridine rings is 1. The van der Waals surface area contributed by atoms with Crippen molar-refractivity contribution in [1.29, 1.82) is 0 Å². The van der Waals surface area contributed by atoms with Crippen LogP contribution in [-0.4, -0.2) is 10.8 Å². The first-order chi connectivity index (χ1) is 6.70. The average molecular weight is 189 g/mol. The van der Waals surface area contributed by atoms with Gasteiger partial charge in [0, 0.05) is 24.2 Å². The Balaban J connectivity index is 2.09. The predicted molar refractivity (Wildman–Crippen MR) is 54.9 cm³/mol. The van der Waals surface area contributed by atoms with Gasteiger partial charge in [-0.05, 0) is 30.0 Å². The summed E-state index contributed by atoms with van der Waals surface area (Å²) >= 11 is 0. The van der Waals surface area contributed by atoms with E-state index in [2.05, 4.69) is 11.9 Å². The molecule has 1 aliphatic rings. The lowest BCUT2D eigenvalue weighted by molar-refractivity contribution is -0.121. The van der Waals surface area contributed by atoms with E-state index in [1.165, 1.54) is 0 Å². The number of aromatic nitrogens is 1. The van der Waals surface area contributed by atoms with Crippen LogP contribution in [0.2, 0.25) is 0 Å². The molecule has 0 amide bonds. The third kappa shape index (κ3) is 1.69. The topological polar surface area (TPSA) is 30.0 Å². The van der Waals surface area contributed by atoms with Crippen LogP contribution in [0, 0.1) is 11.8 Å². The van der Waals surface area contributed by atoms with Crippen LogP contribution in [0.4, 0.5) is 0 Å². The lowest BCUT2D eigenvalue weighted by Gasteiger charge is -2.09. The molecule has 0 radical (unpaired) electrons. The number of rotatable bonds is 3. The molecule has 1 saturated carbocycles. The highest BCUT2D eigenvalue weighted by molar-refractivity contribution is 5.89. The molecular formula is C12H15NO. The van der Waals surface area contributed by atoms with E-state index in [1.807, 2.05) is 19.1 Å². The molecule has 2 heteroatoms. The molecule has 0 aliphatic heterocycles. The van der Waals surface area contributed by atoms with Gasteiger partial charge in [-0.1, -0.05) is 13.8 Å². The normalized spacial score (nSPS) is 27.0. The van der Waals surface area contributed by atoms with Crippen molar-refractivity contribution < 1.29 is 4.79 Å². The van der Waals surface area contributed by atoms with Crippen molar-refractivity contribution in [2.75, 3.05) is 0 Å². The van der Waals surface area contributed by atoms with E-state index >= 15 is 0 Å². The lowest BCUT2D eigenvalue weighted by atomic mass is 9.94. The van der Waals surface area contributed by atoms with Gasteiger partial charge in [0.2, 0.25) is 0 Å². The molecule has 1 heterocycles. The molecule has 14 heavy (non-hydrogen) atoms. The predicted octanol–water partition coefficient (Wildman–Crippen LogP) is 2.41. The molecule has 2 nitrogen and oxygen atoms in total. The van der Waals surface area contributed by atoms with E-state index in [4.69, 9.17) is 0 Å². The highest BCUT2D eigenvalue weighted by Gasteiger charge is 2.40. The molecule has 1 fully saturated rings. The van der Waals surface area contributed by atoms with Crippen molar-refractivity contribution in [3.63, 3.8) is 0 Å². The molecule has 0 bridgehead atoms. The van der Waals surface area contributed by atoms with Gasteiger partial charge in [0.05, 0.1) is 0 Å². The maximum atomic E-state index is 11.9. The summed E-state index contributed by atoms with van der Waals surface area (Å²) < 4.78 is 0. The van der Waals surface area contributed by atoms with Gasteiger partial charge in [-0.25, -0.2) is 0 Å². The zero-order valence-electron chi connectivity index (χ0n) is 8.60. The number of carbonyl (C=O) groups excluding carboxylic acids is 1. The summed E-state index contributed by atoms with van der Waals surface area (Å²) in [6.45, 7) is 4.13. The maximum absolute atomic E-state index is 11.9. The Kier molecular flexibility index (Phi) is 2.36. The number of carbonyl (C=O) groups is 1. The fourth-order valence-corrected chi connectivity index (χ4v) is 1.86. The fourth-order valence-electron chi connectivity index (χ4n) is 1.86. The highest BCUT2D eigenvalue weighted by Crippen LogP contribution is 2.41. The monoisotopic (exact) mass is 189 g/mol. The minimum atomic E-state index is 0.0351. The molecular weight excluding hydrogens is 174 g/mol. The van der Waals surface area contributed by atoms with Crippen LogP contribution in [-0.2, 0) is 4.79 Å². The van der Waals surface area contributed by atoms with Gasteiger partial charge >= 0.3 is 0 Å². The second-order valence-corrected chi connectivity index (χ2v) is 4.22. The summed E-state index contributed by atoms with van der Waals surface area (Å²) in [4.78, 5) is 15.8. The smallest absolute Gasteiger partial charge is 0.143 e. The van der Waals surface area contributed by atoms with Gasteiger partial charge in [-0.2, -0.15) is 0 Å². The Labute approximate surface area is 84.4 Å². The van der Waals surface area contributed by atoms with Crippen molar-refractivity contribution in [2.24, 2.45) is 11.8 Å². The quantitative estimate of drug-likeness (QED) is 0.730. The summed E-state index contributed by atoms with van der Waals surface area (Å²) in [5.41, 5.74) is 1.09. The number of hydrogen-bond donors (Lipinski definition) is 0. The van der Waals surface area contributed by atoms with Crippen LogP contribution in [0.3, 0.4) is 0 Å². The number of nitrogens with zero attached hydrogens (tertiary/aromatic N) is 1. The Hall–Kier alpha value is -1.18. The van der Waals surface area contributed by atoms with Crippen molar-refractivity contribution in [3.05, 3.63) is 30.1 Å². The van der Waals surface area contributed by atoms with Crippen LogP contribution < -0.4 is 0 Å². The number of Topliss-reactive ketones (excluding diaryl/α,β-unsaturated/α-hetero) is 1. The van der Waals surface area contributed by atoms with Crippen molar-refractivity contribution in [3.8, 4) is 0 Å². The average Bonchev–Trinajstić information content (AvgIpc) is 2.95. The van der Waals surface area contributed by atoms with E-state index in [0.717, 1.165) is 12.0 Å². The largest absolute Gasteiger partial charge is 0.299 e. The Bertz CT molecular complexity index is 333. The molecule has 0 saturated heterocycles. The Morgan fingerprint density at radius 2 is 2.07 bits per heavy atom. The SMILES string of the molecule is CC(C(=O)C1CC1C)c1ccncc1. The third-order valence-corrected chi connectivity index (χ3v) is 3.11. The maximum Gasteiger partial charge on any atom is 0.143 e. The van der Waals surface area contributed by atoms with E-state index in [-0.39, 0.29) is 5.92 Å². The second kappa shape index (κ2) is 3.52. The molecule has 3 atom stereocenters. The molecule has 0 spiro atoms. The van der Waals surface area contributed by atoms with Crippen molar-refractivity contribution in [1.82, 2.24) is 4.98 Å². The Morgan fingerprint density at radius 3 is 2.57 bits per heavy atom. The molecule has 0 N–H and O–H groups in total. The lowest BCUT2D eigenvalue weighted by Crippen LogP contribution is -2.11. The van der Waals surface area contributed by atoms with E-state index in [0.29, 0.717) is 17.6 Å². The molecule has 74 valence electrons. The van der Waals surface area contributed by atoms with Gasteiger partial charge in [0.15, 0.2) is 0 Å². The van der Waals surface area contributed by atoms with Crippen molar-refractivity contribution >= 4 is 5.78 Å². The van der Waals surface area contributed by atoms with Crippen LogP contribution >= 0.6 is 0 Å². The van der Waals surface area contributed by atoms with Gasteiger partial charge in [-0.15, -0.1) is 0 Å². The minimum absolute atomic E-state index is 0.0351.